The summed E-state index contributed by atoms with van der Waals surface area (Å²) in [4.78, 5) is 11.4. The Bertz CT molecular complexity index is 815. The summed E-state index contributed by atoms with van der Waals surface area (Å²) < 4.78 is 20.7. The second-order valence-electron chi connectivity index (χ2n) is 10.1. The fourth-order valence-corrected chi connectivity index (χ4v) is 7.34. The van der Waals surface area contributed by atoms with Gasteiger partial charge in [0, 0.05) is 17.5 Å². The van der Waals surface area contributed by atoms with Gasteiger partial charge in [-0.05, 0) is 68.3 Å². The molecule has 1 aromatic rings. The minimum absolute atomic E-state index is 0.257. The van der Waals surface area contributed by atoms with Crippen molar-refractivity contribution in [2.45, 2.75) is 57.9 Å². The number of anilines is 1. The van der Waals surface area contributed by atoms with Crippen LogP contribution in [0.15, 0.2) is 12.1 Å². The number of carboxylic acid groups (broad SMARTS) is 1. The fourth-order valence-electron chi connectivity index (χ4n) is 7.12. The van der Waals surface area contributed by atoms with Crippen LogP contribution in [0.3, 0.4) is 0 Å². The predicted octanol–water partition coefficient (Wildman–Crippen LogP) is 5.60. The van der Waals surface area contributed by atoms with Crippen molar-refractivity contribution < 1.29 is 19.0 Å². The van der Waals surface area contributed by atoms with Crippen LogP contribution >= 0.6 is 11.6 Å². The average molecular weight is 422 g/mol. The summed E-state index contributed by atoms with van der Waals surface area (Å²) in [6, 6.07) is 2.62. The molecule has 0 saturated heterocycles. The van der Waals surface area contributed by atoms with Crippen molar-refractivity contribution in [3.63, 3.8) is 0 Å². The molecule has 6 heteroatoms. The van der Waals surface area contributed by atoms with Crippen LogP contribution in [0.1, 0.15) is 51.9 Å². The first kappa shape index (κ1) is 19.5. The molecule has 0 amide bonds. The number of halogens is 2. The molecular weight excluding hydrogens is 393 g/mol. The lowest BCUT2D eigenvalue weighted by atomic mass is 9.35. The van der Waals surface area contributed by atoms with E-state index in [0.29, 0.717) is 23.8 Å². The van der Waals surface area contributed by atoms with Crippen molar-refractivity contribution in [1.29, 1.82) is 0 Å². The van der Waals surface area contributed by atoms with Gasteiger partial charge >= 0.3 is 5.97 Å². The van der Waals surface area contributed by atoms with E-state index in [4.69, 9.17) is 16.3 Å². The average Bonchev–Trinajstić information content (AvgIpc) is 3.08. The summed E-state index contributed by atoms with van der Waals surface area (Å²) in [5.74, 6) is 1.98. The van der Waals surface area contributed by atoms with Crippen molar-refractivity contribution >= 4 is 23.3 Å². The van der Waals surface area contributed by atoms with Crippen molar-refractivity contribution in [3.05, 3.63) is 23.0 Å². The summed E-state index contributed by atoms with van der Waals surface area (Å²) in [6.07, 6.45) is 7.32. The van der Waals surface area contributed by atoms with Crippen molar-refractivity contribution in [3.8, 4) is 5.75 Å². The molecule has 4 unspecified atom stereocenters. The Morgan fingerprint density at radius 1 is 1.31 bits per heavy atom. The van der Waals surface area contributed by atoms with Gasteiger partial charge in [0.25, 0.3) is 0 Å². The van der Waals surface area contributed by atoms with Gasteiger partial charge in [-0.1, -0.05) is 24.9 Å². The van der Waals surface area contributed by atoms with Gasteiger partial charge in [-0.25, -0.2) is 4.39 Å². The zero-order valence-electron chi connectivity index (χ0n) is 16.8. The van der Waals surface area contributed by atoms with E-state index in [1.54, 1.807) is 0 Å². The largest absolute Gasteiger partial charge is 0.491 e. The minimum atomic E-state index is -0.833. The third-order valence-corrected chi connectivity index (χ3v) is 8.48. The summed E-state index contributed by atoms with van der Waals surface area (Å²) >= 11 is 6.40. The monoisotopic (exact) mass is 421 g/mol. The fraction of sp³-hybridized carbons (Fsp3) is 0.696. The number of benzene rings is 1. The van der Waals surface area contributed by atoms with Gasteiger partial charge in [0.1, 0.15) is 11.6 Å². The molecule has 0 aliphatic heterocycles. The molecule has 4 aliphatic rings. The SMILES string of the molecule is CC1C[C@@H]2CC3(COc4cc(F)c(NC5CCC[C@H]5C(=O)O)cc4Cl)C[C@H](C1)C23. The maximum Gasteiger partial charge on any atom is 0.308 e. The number of hydrogen-bond acceptors (Lipinski definition) is 3. The molecule has 158 valence electrons. The Kier molecular flexibility index (Phi) is 4.73. The Balaban J connectivity index is 1.23. The number of carbonyl (C=O) groups is 1. The molecule has 0 heterocycles. The van der Waals surface area contributed by atoms with Crippen LogP contribution in [0.25, 0.3) is 0 Å². The van der Waals surface area contributed by atoms with E-state index in [-0.39, 0.29) is 17.1 Å². The quantitative estimate of drug-likeness (QED) is 0.628. The normalized spacial score (nSPS) is 39.8. The molecule has 7 atom stereocenters. The van der Waals surface area contributed by atoms with Gasteiger partial charge in [0.2, 0.25) is 0 Å². The third kappa shape index (κ3) is 3.20. The highest BCUT2D eigenvalue weighted by molar-refractivity contribution is 6.32. The van der Waals surface area contributed by atoms with E-state index in [1.807, 2.05) is 0 Å². The smallest absolute Gasteiger partial charge is 0.308 e. The molecule has 5 rings (SSSR count). The van der Waals surface area contributed by atoms with Crippen molar-refractivity contribution in [2.24, 2.45) is 35.0 Å². The lowest BCUT2D eigenvalue weighted by molar-refractivity contribution is -0.230. The van der Waals surface area contributed by atoms with E-state index in [0.717, 1.165) is 36.5 Å². The maximum absolute atomic E-state index is 14.7. The second kappa shape index (κ2) is 7.04. The first-order chi connectivity index (χ1) is 13.9. The number of nitrogens with one attached hydrogen (secondary N) is 1. The summed E-state index contributed by atoms with van der Waals surface area (Å²) in [7, 11) is 0. The molecular formula is C23H29ClFNO3. The van der Waals surface area contributed by atoms with Gasteiger partial charge in [0.15, 0.2) is 0 Å². The standard InChI is InChI=1S/C23H29ClFNO3/c1-12-5-13-9-23(10-14(6-12)21(13)23)11-29-20-8-17(25)19(7-16(20)24)26-18-4-2-3-15(18)22(27)28/h7-8,12-15,18,21,26H,2-6,9-11H2,1H3,(H,27,28)/t12?,13-,14+,15-,18?,21?,23?/m1/s1. The zero-order chi connectivity index (χ0) is 20.3. The van der Waals surface area contributed by atoms with Crippen LogP contribution in [-0.2, 0) is 4.79 Å². The molecule has 1 aromatic carbocycles. The Morgan fingerprint density at radius 2 is 2.03 bits per heavy atom. The molecule has 0 radical (unpaired) electrons. The maximum atomic E-state index is 14.7. The lowest BCUT2D eigenvalue weighted by Crippen LogP contribution is -2.66. The summed E-state index contributed by atoms with van der Waals surface area (Å²) in [6.45, 7) is 2.99. The number of carboxylic acids is 1. The van der Waals surface area contributed by atoms with Crippen LogP contribution in [0.5, 0.6) is 5.75 Å². The van der Waals surface area contributed by atoms with Gasteiger partial charge < -0.3 is 15.2 Å². The van der Waals surface area contributed by atoms with Gasteiger partial charge in [-0.2, -0.15) is 0 Å². The lowest BCUT2D eigenvalue weighted by Gasteiger charge is -2.70. The summed E-state index contributed by atoms with van der Waals surface area (Å²) in [5, 5.41) is 12.8. The Labute approximate surface area is 176 Å². The molecule has 0 aromatic heterocycles. The van der Waals surface area contributed by atoms with E-state index in [9.17, 15) is 14.3 Å². The number of hydrogen-bond donors (Lipinski definition) is 2. The highest BCUT2D eigenvalue weighted by atomic mass is 35.5. The molecule has 0 bridgehead atoms. The number of ether oxygens (including phenoxy) is 1. The Morgan fingerprint density at radius 3 is 2.72 bits per heavy atom. The van der Waals surface area contributed by atoms with E-state index in [1.165, 1.54) is 37.8 Å². The minimum Gasteiger partial charge on any atom is -0.491 e. The first-order valence-corrected chi connectivity index (χ1v) is 11.4. The molecule has 4 aliphatic carbocycles. The first-order valence-electron chi connectivity index (χ1n) is 11.0. The van der Waals surface area contributed by atoms with E-state index in [2.05, 4.69) is 12.2 Å². The molecule has 0 spiro atoms. The third-order valence-electron chi connectivity index (χ3n) is 8.18. The summed E-state index contributed by atoms with van der Waals surface area (Å²) in [5.41, 5.74) is 0.539. The second-order valence-corrected chi connectivity index (χ2v) is 10.5. The molecule has 4 saturated carbocycles. The zero-order valence-corrected chi connectivity index (χ0v) is 17.6. The van der Waals surface area contributed by atoms with Gasteiger partial charge in [-0.3, -0.25) is 4.79 Å². The molecule has 4 nitrogen and oxygen atoms in total. The molecule has 4 fully saturated rings. The highest BCUT2D eigenvalue weighted by Crippen LogP contribution is 2.72. The predicted molar refractivity (Wildman–Crippen MR) is 110 cm³/mol. The van der Waals surface area contributed by atoms with Crippen LogP contribution < -0.4 is 10.1 Å². The van der Waals surface area contributed by atoms with E-state index >= 15 is 0 Å². The topological polar surface area (TPSA) is 58.6 Å². The number of aliphatic carboxylic acids is 1. The van der Waals surface area contributed by atoms with Crippen LogP contribution in [0, 0.1) is 40.8 Å². The number of rotatable bonds is 6. The van der Waals surface area contributed by atoms with Crippen LogP contribution in [0.4, 0.5) is 10.1 Å². The van der Waals surface area contributed by atoms with Gasteiger partial charge in [0.05, 0.1) is 23.2 Å². The van der Waals surface area contributed by atoms with Crippen molar-refractivity contribution in [1.82, 2.24) is 0 Å². The van der Waals surface area contributed by atoms with Crippen LogP contribution in [-0.4, -0.2) is 23.7 Å². The molecule has 29 heavy (non-hydrogen) atoms. The van der Waals surface area contributed by atoms with E-state index < -0.39 is 17.7 Å². The van der Waals surface area contributed by atoms with Crippen LogP contribution in [0.2, 0.25) is 5.02 Å². The molecule has 2 N–H and O–H groups in total. The highest BCUT2D eigenvalue weighted by Gasteiger charge is 2.66. The van der Waals surface area contributed by atoms with Crippen molar-refractivity contribution in [2.75, 3.05) is 11.9 Å². The Hall–Kier alpha value is -1.49. The van der Waals surface area contributed by atoms with Gasteiger partial charge in [-0.15, -0.1) is 0 Å².